The normalized spacial score (nSPS) is 14.8. The summed E-state index contributed by atoms with van der Waals surface area (Å²) in [4.78, 5) is 12.4. The van der Waals surface area contributed by atoms with Gasteiger partial charge in [0.05, 0.1) is 35.3 Å². The molecule has 226 valence electrons. The van der Waals surface area contributed by atoms with E-state index in [0.29, 0.717) is 34.8 Å². The quantitative estimate of drug-likeness (QED) is 0.180. The number of nitrogens with zero attached hydrogens (tertiary/aromatic N) is 3. The molecule has 1 fully saturated rings. The van der Waals surface area contributed by atoms with Gasteiger partial charge in [-0.25, -0.2) is 0 Å². The summed E-state index contributed by atoms with van der Waals surface area (Å²) in [6.45, 7) is 3.83. The Hall–Kier alpha value is -4.77. The maximum absolute atomic E-state index is 13.1. The highest BCUT2D eigenvalue weighted by molar-refractivity contribution is 5.87. The average Bonchev–Trinajstić information content (AvgIpc) is 3.55. The number of aliphatic hydroxyl groups excluding tert-OH is 1. The van der Waals surface area contributed by atoms with Crippen LogP contribution in [0.1, 0.15) is 65.6 Å². The van der Waals surface area contributed by atoms with Gasteiger partial charge in [0.1, 0.15) is 0 Å². The molecule has 0 saturated heterocycles. The first-order valence-electron chi connectivity index (χ1n) is 14.1. The molecule has 8 nitrogen and oxygen atoms in total. The van der Waals surface area contributed by atoms with E-state index in [1.807, 2.05) is 48.5 Å². The van der Waals surface area contributed by atoms with Gasteiger partial charge in [0.15, 0.2) is 11.9 Å². The van der Waals surface area contributed by atoms with Crippen molar-refractivity contribution in [2.75, 3.05) is 6.61 Å². The molecule has 6 rings (SSSR count). The summed E-state index contributed by atoms with van der Waals surface area (Å²) >= 11 is 0. The third-order valence-corrected chi connectivity index (χ3v) is 7.84. The van der Waals surface area contributed by atoms with Gasteiger partial charge in [-0.1, -0.05) is 71.9 Å². The van der Waals surface area contributed by atoms with Crippen molar-refractivity contribution in [3.8, 4) is 22.5 Å². The molecule has 1 aliphatic rings. The van der Waals surface area contributed by atoms with Crippen LogP contribution >= 0.6 is 0 Å². The fourth-order valence-corrected chi connectivity index (χ4v) is 5.31. The third kappa shape index (κ3) is 5.62. The molecular formula is C33H28F3N3O5. The second-order valence-corrected chi connectivity index (χ2v) is 10.8. The first-order valence-corrected chi connectivity index (χ1v) is 14.1. The van der Waals surface area contributed by atoms with Crippen LogP contribution in [0.25, 0.3) is 22.5 Å². The molecule has 0 radical (unpaired) electrons. The van der Waals surface area contributed by atoms with Gasteiger partial charge in [-0.2, -0.15) is 13.2 Å². The highest BCUT2D eigenvalue weighted by Gasteiger charge is 2.52. The molecule has 2 aromatic heterocycles. The molecule has 0 bridgehead atoms. The van der Waals surface area contributed by atoms with E-state index in [9.17, 15) is 23.1 Å². The minimum absolute atomic E-state index is 0.0363. The van der Waals surface area contributed by atoms with Crippen LogP contribution in [0.2, 0.25) is 0 Å². The van der Waals surface area contributed by atoms with E-state index in [0.717, 1.165) is 41.7 Å². The number of halogens is 3. The molecule has 11 heteroatoms. The molecular weight excluding hydrogens is 575 g/mol. The predicted molar refractivity (Wildman–Crippen MR) is 152 cm³/mol. The molecule has 1 unspecified atom stereocenters. The van der Waals surface area contributed by atoms with E-state index in [-0.39, 0.29) is 24.2 Å². The fraction of sp³-hybridized carbons (Fsp3) is 0.273. The van der Waals surface area contributed by atoms with Crippen molar-refractivity contribution in [3.63, 3.8) is 0 Å². The van der Waals surface area contributed by atoms with E-state index >= 15 is 0 Å². The second kappa shape index (κ2) is 11.4. The zero-order chi connectivity index (χ0) is 31.1. The molecule has 1 atom stereocenters. The summed E-state index contributed by atoms with van der Waals surface area (Å²) in [5.74, 6) is 0.0660. The summed E-state index contributed by atoms with van der Waals surface area (Å²) in [5, 5.41) is 23.0. The summed E-state index contributed by atoms with van der Waals surface area (Å²) < 4.78 is 55.7. The lowest BCUT2D eigenvalue weighted by molar-refractivity contribution is -0.146. The molecule has 2 heterocycles. The van der Waals surface area contributed by atoms with Crippen molar-refractivity contribution < 1.29 is 36.7 Å². The minimum Gasteiger partial charge on any atom is -0.465 e. The zero-order valence-electron chi connectivity index (χ0n) is 23.9. The smallest absolute Gasteiger partial charge is 0.416 e. The van der Waals surface area contributed by atoms with E-state index < -0.39 is 23.3 Å². The Labute approximate surface area is 250 Å². The van der Waals surface area contributed by atoms with Gasteiger partial charge < -0.3 is 18.8 Å². The van der Waals surface area contributed by atoms with E-state index in [1.54, 1.807) is 13.8 Å². The Morgan fingerprint density at radius 3 is 2.30 bits per heavy atom. The van der Waals surface area contributed by atoms with Gasteiger partial charge >= 0.3 is 12.1 Å². The van der Waals surface area contributed by atoms with Crippen molar-refractivity contribution >= 4 is 5.97 Å². The molecule has 0 spiro atoms. The van der Waals surface area contributed by atoms with Crippen LogP contribution < -0.4 is 0 Å². The van der Waals surface area contributed by atoms with Crippen LogP contribution in [-0.4, -0.2) is 33.0 Å². The number of esters is 1. The van der Waals surface area contributed by atoms with Gasteiger partial charge in [0.25, 0.3) is 0 Å². The van der Waals surface area contributed by atoms with Crippen LogP contribution in [0.3, 0.4) is 0 Å². The van der Waals surface area contributed by atoms with Gasteiger partial charge in [0.2, 0.25) is 11.8 Å². The monoisotopic (exact) mass is 603 g/mol. The predicted octanol–water partition coefficient (Wildman–Crippen LogP) is 6.99. The number of rotatable bonds is 9. The van der Waals surface area contributed by atoms with Crippen molar-refractivity contribution in [2.45, 2.75) is 50.8 Å². The molecule has 0 amide bonds. The van der Waals surface area contributed by atoms with Gasteiger partial charge in [0, 0.05) is 5.56 Å². The van der Waals surface area contributed by atoms with Crippen molar-refractivity contribution in [1.29, 1.82) is 0 Å². The van der Waals surface area contributed by atoms with Gasteiger partial charge in [-0.3, -0.25) is 4.79 Å². The Morgan fingerprint density at radius 1 is 1.00 bits per heavy atom. The second-order valence-electron chi connectivity index (χ2n) is 10.8. The first-order chi connectivity index (χ1) is 21.1. The number of carbonyl (C=O) groups is 1. The lowest BCUT2D eigenvalue weighted by atomic mass is 9.93. The third-order valence-electron chi connectivity index (χ3n) is 7.84. The number of aromatic nitrogens is 3. The number of benzene rings is 3. The number of ether oxygens (including phenoxy) is 1. The van der Waals surface area contributed by atoms with Crippen molar-refractivity contribution in [2.24, 2.45) is 0 Å². The Bertz CT molecular complexity index is 1790. The van der Waals surface area contributed by atoms with Crippen LogP contribution in [0.4, 0.5) is 13.2 Å². The van der Waals surface area contributed by atoms with Gasteiger partial charge in [-0.05, 0) is 55.0 Å². The zero-order valence-corrected chi connectivity index (χ0v) is 23.9. The van der Waals surface area contributed by atoms with E-state index in [1.165, 1.54) is 12.1 Å². The minimum atomic E-state index is -4.47. The Kier molecular flexibility index (Phi) is 7.58. The topological polar surface area (TPSA) is 111 Å². The molecule has 0 aliphatic heterocycles. The van der Waals surface area contributed by atoms with Crippen molar-refractivity contribution in [1.82, 2.24) is 15.4 Å². The van der Waals surface area contributed by atoms with E-state index in [2.05, 4.69) is 15.4 Å². The molecule has 5 aromatic rings. The standard InChI is InChI=1S/C33H28F3N3O5/c1-3-42-31(41)32(15-16-32)24-13-11-22(12-14-24)21-7-9-23(10-8-21)29-27(19(2)39-44-29)28(40)30-38-37-26(43-30)18-20-5-4-6-25(17-20)33(34,35)36/h4-14,17,28,40H,3,15-16,18H2,1-2H3. The highest BCUT2D eigenvalue weighted by atomic mass is 19.4. The summed E-state index contributed by atoms with van der Waals surface area (Å²) in [6.07, 6.45) is -4.31. The number of carbonyl (C=O) groups excluding carboxylic acids is 1. The van der Waals surface area contributed by atoms with Crippen LogP contribution in [0, 0.1) is 6.92 Å². The Morgan fingerprint density at radius 2 is 1.66 bits per heavy atom. The fourth-order valence-electron chi connectivity index (χ4n) is 5.31. The lowest BCUT2D eigenvalue weighted by Crippen LogP contribution is -2.23. The molecule has 1 N–H and O–H groups in total. The number of hydrogen-bond donors (Lipinski definition) is 1. The number of alkyl halides is 3. The maximum atomic E-state index is 13.1. The molecule has 1 saturated carbocycles. The summed E-state index contributed by atoms with van der Waals surface area (Å²) in [7, 11) is 0. The number of aryl methyl sites for hydroxylation is 1. The Balaban J connectivity index is 1.19. The van der Waals surface area contributed by atoms with Gasteiger partial charge in [-0.15, -0.1) is 10.2 Å². The highest BCUT2D eigenvalue weighted by Crippen LogP contribution is 2.49. The summed E-state index contributed by atoms with van der Waals surface area (Å²) in [5.41, 5.74) is 3.30. The maximum Gasteiger partial charge on any atom is 0.416 e. The molecule has 1 aliphatic carbocycles. The number of aliphatic hydroxyl groups is 1. The molecule has 3 aromatic carbocycles. The average molecular weight is 604 g/mol. The van der Waals surface area contributed by atoms with Crippen molar-refractivity contribution in [3.05, 3.63) is 113 Å². The number of hydrogen-bond acceptors (Lipinski definition) is 8. The van der Waals surface area contributed by atoms with Crippen LogP contribution in [0.5, 0.6) is 0 Å². The first kappa shape index (κ1) is 29.3. The van der Waals surface area contributed by atoms with Crippen LogP contribution in [-0.2, 0) is 27.5 Å². The summed E-state index contributed by atoms with van der Waals surface area (Å²) in [6, 6.07) is 20.2. The largest absolute Gasteiger partial charge is 0.465 e. The molecule has 44 heavy (non-hydrogen) atoms. The van der Waals surface area contributed by atoms with E-state index in [4.69, 9.17) is 13.7 Å². The lowest BCUT2D eigenvalue weighted by Gasteiger charge is -2.14. The SMILES string of the molecule is CCOC(=O)C1(c2ccc(-c3ccc(-c4onc(C)c4C(O)c4nnc(Cc5cccc(C(F)(F)F)c5)o4)cc3)cc2)CC1. The van der Waals surface area contributed by atoms with Crippen LogP contribution in [0.15, 0.2) is 81.7 Å².